The Kier molecular flexibility index (Phi) is 4.00. The van der Waals surface area contributed by atoms with Crippen molar-refractivity contribution in [1.29, 1.82) is 0 Å². The Morgan fingerprint density at radius 3 is 1.93 bits per heavy atom. The molecule has 0 aliphatic carbocycles. The van der Waals surface area contributed by atoms with Crippen LogP contribution < -0.4 is 0 Å². The van der Waals surface area contributed by atoms with Gasteiger partial charge in [-0.3, -0.25) is 4.79 Å². The van der Waals surface area contributed by atoms with Crippen molar-refractivity contribution < 1.29 is 14.3 Å². The summed E-state index contributed by atoms with van der Waals surface area (Å²) in [5, 5.41) is 0. The minimum absolute atomic E-state index is 0.146. The van der Waals surface area contributed by atoms with Crippen LogP contribution in [0.5, 0.6) is 0 Å². The van der Waals surface area contributed by atoms with Gasteiger partial charge in [-0.2, -0.15) is 0 Å². The Morgan fingerprint density at radius 2 is 1.53 bits per heavy atom. The van der Waals surface area contributed by atoms with Crippen molar-refractivity contribution in [3.05, 3.63) is 34.9 Å². The third kappa shape index (κ3) is 2.88. The summed E-state index contributed by atoms with van der Waals surface area (Å²) in [5.41, 5.74) is 2.75. The zero-order valence-corrected chi connectivity index (χ0v) is 9.53. The lowest BCUT2D eigenvalue weighted by molar-refractivity contribution is -0.0742. The smallest absolute Gasteiger partial charge is 0.222 e. The molecule has 15 heavy (non-hydrogen) atoms. The Labute approximate surface area is 90.0 Å². The van der Waals surface area contributed by atoms with Gasteiger partial charge in [0.2, 0.25) is 12.1 Å². The highest BCUT2D eigenvalue weighted by molar-refractivity contribution is 5.98. The van der Waals surface area contributed by atoms with Gasteiger partial charge in [0.1, 0.15) is 0 Å². The molecule has 0 aliphatic rings. The average Bonchev–Trinajstić information content (AvgIpc) is 2.18. The van der Waals surface area contributed by atoms with E-state index in [1.54, 1.807) is 0 Å². The topological polar surface area (TPSA) is 35.5 Å². The maximum atomic E-state index is 11.9. The number of benzene rings is 1. The first-order valence-electron chi connectivity index (χ1n) is 4.76. The number of Topliss-reactive ketones (excluding diaryl/α,β-unsaturated/α-hetero) is 1. The van der Waals surface area contributed by atoms with E-state index in [0.717, 1.165) is 11.1 Å². The number of rotatable bonds is 4. The lowest BCUT2D eigenvalue weighted by atomic mass is 10.0. The Bertz CT molecular complexity index is 334. The van der Waals surface area contributed by atoms with Gasteiger partial charge in [-0.1, -0.05) is 17.2 Å². The lowest BCUT2D eigenvalue weighted by Gasteiger charge is -2.12. The standard InChI is InChI=1S/C12H16O3/c1-8-5-9(2)7-10(6-8)11(13)12(14-3)15-4/h5-7,12H,1-4H3. The summed E-state index contributed by atoms with van der Waals surface area (Å²) in [5.74, 6) is -0.146. The highest BCUT2D eigenvalue weighted by Crippen LogP contribution is 2.12. The molecule has 0 fully saturated rings. The fraction of sp³-hybridized carbons (Fsp3) is 0.417. The molecule has 0 radical (unpaired) electrons. The SMILES string of the molecule is COC(OC)C(=O)c1cc(C)cc(C)c1. The second-order valence-electron chi connectivity index (χ2n) is 3.54. The molecule has 3 nitrogen and oxygen atoms in total. The van der Waals surface area contributed by atoms with Crippen LogP contribution in [0.2, 0.25) is 0 Å². The normalized spacial score (nSPS) is 10.7. The number of carbonyl (C=O) groups is 1. The quantitative estimate of drug-likeness (QED) is 0.561. The second kappa shape index (κ2) is 5.05. The molecule has 0 unspecified atom stereocenters. The molecule has 0 saturated carbocycles. The molecule has 0 bridgehead atoms. The molecule has 0 amide bonds. The van der Waals surface area contributed by atoms with Crippen LogP contribution in [0.1, 0.15) is 21.5 Å². The summed E-state index contributed by atoms with van der Waals surface area (Å²) in [6.07, 6.45) is -0.814. The number of hydrogen-bond acceptors (Lipinski definition) is 3. The van der Waals surface area contributed by atoms with Crippen LogP contribution in [0.15, 0.2) is 18.2 Å². The molecule has 82 valence electrons. The van der Waals surface area contributed by atoms with Crippen LogP contribution in [-0.4, -0.2) is 26.3 Å². The number of aryl methyl sites for hydroxylation is 2. The van der Waals surface area contributed by atoms with Crippen molar-refractivity contribution in [2.75, 3.05) is 14.2 Å². The Hall–Kier alpha value is -1.19. The number of ketones is 1. The number of carbonyl (C=O) groups excluding carboxylic acids is 1. The molecule has 0 aromatic heterocycles. The third-order valence-corrected chi connectivity index (χ3v) is 2.15. The summed E-state index contributed by atoms with van der Waals surface area (Å²) >= 11 is 0. The van der Waals surface area contributed by atoms with Gasteiger partial charge < -0.3 is 9.47 Å². The maximum absolute atomic E-state index is 11.9. The van der Waals surface area contributed by atoms with Crippen molar-refractivity contribution >= 4 is 5.78 Å². The van der Waals surface area contributed by atoms with Crippen molar-refractivity contribution in [3.8, 4) is 0 Å². The highest BCUT2D eigenvalue weighted by atomic mass is 16.7. The fourth-order valence-corrected chi connectivity index (χ4v) is 1.56. The molecule has 1 rings (SSSR count). The van der Waals surface area contributed by atoms with Gasteiger partial charge >= 0.3 is 0 Å². The second-order valence-corrected chi connectivity index (χ2v) is 3.54. The van der Waals surface area contributed by atoms with Crippen LogP contribution in [0, 0.1) is 13.8 Å². The lowest BCUT2D eigenvalue weighted by Crippen LogP contribution is -2.25. The molecule has 1 aromatic carbocycles. The molecule has 1 aromatic rings. The summed E-state index contributed by atoms with van der Waals surface area (Å²) in [7, 11) is 2.91. The van der Waals surface area contributed by atoms with Crippen LogP contribution in [0.25, 0.3) is 0 Å². The van der Waals surface area contributed by atoms with Gasteiger partial charge in [-0.25, -0.2) is 0 Å². The van der Waals surface area contributed by atoms with Gasteiger partial charge in [0.05, 0.1) is 0 Å². The first kappa shape index (κ1) is 11.9. The monoisotopic (exact) mass is 208 g/mol. The van der Waals surface area contributed by atoms with Crippen molar-refractivity contribution in [2.45, 2.75) is 20.1 Å². The minimum Gasteiger partial charge on any atom is -0.349 e. The van der Waals surface area contributed by atoms with E-state index in [1.807, 2.05) is 32.0 Å². The molecule has 0 saturated heterocycles. The number of methoxy groups -OCH3 is 2. The van der Waals surface area contributed by atoms with Gasteiger partial charge in [-0.05, 0) is 26.0 Å². The Morgan fingerprint density at radius 1 is 1.07 bits per heavy atom. The molecule has 3 heteroatoms. The third-order valence-electron chi connectivity index (χ3n) is 2.15. The Balaban J connectivity index is 3.00. The first-order valence-corrected chi connectivity index (χ1v) is 4.76. The van der Waals surface area contributed by atoms with E-state index < -0.39 is 6.29 Å². The van der Waals surface area contributed by atoms with E-state index in [0.29, 0.717) is 5.56 Å². The van der Waals surface area contributed by atoms with E-state index in [9.17, 15) is 4.79 Å². The molecular formula is C12H16O3. The first-order chi connectivity index (χ1) is 7.08. The van der Waals surface area contributed by atoms with E-state index in [1.165, 1.54) is 14.2 Å². The molecule has 0 aliphatic heterocycles. The van der Waals surface area contributed by atoms with E-state index >= 15 is 0 Å². The average molecular weight is 208 g/mol. The maximum Gasteiger partial charge on any atom is 0.222 e. The molecule has 0 spiro atoms. The van der Waals surface area contributed by atoms with Crippen LogP contribution in [0.4, 0.5) is 0 Å². The van der Waals surface area contributed by atoms with Gasteiger partial charge in [0, 0.05) is 19.8 Å². The van der Waals surface area contributed by atoms with E-state index in [4.69, 9.17) is 9.47 Å². The highest BCUT2D eigenvalue weighted by Gasteiger charge is 2.18. The van der Waals surface area contributed by atoms with Gasteiger partial charge in [-0.15, -0.1) is 0 Å². The summed E-state index contributed by atoms with van der Waals surface area (Å²) in [4.78, 5) is 11.9. The predicted octanol–water partition coefficient (Wildman–Crippen LogP) is 2.11. The van der Waals surface area contributed by atoms with Gasteiger partial charge in [0.25, 0.3) is 0 Å². The van der Waals surface area contributed by atoms with Crippen molar-refractivity contribution in [1.82, 2.24) is 0 Å². The van der Waals surface area contributed by atoms with E-state index in [-0.39, 0.29) is 5.78 Å². The molecule has 0 heterocycles. The summed E-state index contributed by atoms with van der Waals surface area (Å²) in [6.45, 7) is 3.91. The van der Waals surface area contributed by atoms with Crippen LogP contribution >= 0.6 is 0 Å². The minimum atomic E-state index is -0.814. The molecular weight excluding hydrogens is 192 g/mol. The molecule has 0 atom stereocenters. The summed E-state index contributed by atoms with van der Waals surface area (Å²) < 4.78 is 9.85. The summed E-state index contributed by atoms with van der Waals surface area (Å²) in [6, 6.07) is 5.69. The van der Waals surface area contributed by atoms with E-state index in [2.05, 4.69) is 0 Å². The zero-order chi connectivity index (χ0) is 11.4. The van der Waals surface area contributed by atoms with Crippen molar-refractivity contribution in [3.63, 3.8) is 0 Å². The number of ether oxygens (including phenoxy) is 2. The number of hydrogen-bond donors (Lipinski definition) is 0. The van der Waals surface area contributed by atoms with Crippen LogP contribution in [0.3, 0.4) is 0 Å². The predicted molar refractivity (Wildman–Crippen MR) is 58.1 cm³/mol. The van der Waals surface area contributed by atoms with Crippen molar-refractivity contribution in [2.24, 2.45) is 0 Å². The zero-order valence-electron chi connectivity index (χ0n) is 9.53. The fourth-order valence-electron chi connectivity index (χ4n) is 1.56. The van der Waals surface area contributed by atoms with Crippen LogP contribution in [-0.2, 0) is 9.47 Å². The largest absolute Gasteiger partial charge is 0.349 e. The molecule has 0 N–H and O–H groups in total. The van der Waals surface area contributed by atoms with Gasteiger partial charge in [0.15, 0.2) is 0 Å².